The molecular formula is C13H8N4O. The van der Waals surface area contributed by atoms with Crippen molar-refractivity contribution in [2.24, 2.45) is 0 Å². The highest BCUT2D eigenvalue weighted by Crippen LogP contribution is 2.18. The first-order chi connectivity index (χ1) is 8.88. The quantitative estimate of drug-likeness (QED) is 0.683. The van der Waals surface area contributed by atoms with Gasteiger partial charge in [-0.3, -0.25) is 0 Å². The van der Waals surface area contributed by atoms with Gasteiger partial charge in [0, 0.05) is 0 Å². The van der Waals surface area contributed by atoms with Crippen LogP contribution in [0.3, 0.4) is 0 Å². The van der Waals surface area contributed by atoms with Crippen molar-refractivity contribution in [3.05, 3.63) is 54.1 Å². The fourth-order valence-corrected chi connectivity index (χ4v) is 1.65. The second kappa shape index (κ2) is 4.18. The third-order valence-corrected chi connectivity index (χ3v) is 2.51. The summed E-state index contributed by atoms with van der Waals surface area (Å²) in [6.07, 6.45) is 0. The molecule has 0 fully saturated rings. The summed E-state index contributed by atoms with van der Waals surface area (Å²) >= 11 is 0. The lowest BCUT2D eigenvalue weighted by Gasteiger charge is -2.05. The second-order valence-corrected chi connectivity index (χ2v) is 3.65. The van der Waals surface area contributed by atoms with Crippen LogP contribution in [0.15, 0.2) is 48.5 Å². The van der Waals surface area contributed by atoms with Crippen LogP contribution in [-0.4, -0.2) is 15.2 Å². The Morgan fingerprint density at radius 3 is 2.72 bits per heavy atom. The molecule has 0 spiro atoms. The van der Waals surface area contributed by atoms with Crippen LogP contribution in [0.4, 0.5) is 0 Å². The minimum atomic E-state index is 0.454. The summed E-state index contributed by atoms with van der Waals surface area (Å²) in [5.74, 6) is 0.454. The molecule has 0 radical (unpaired) electrons. The predicted octanol–water partition coefficient (Wildman–Crippen LogP) is 2.15. The number of hydrogen-bond acceptors (Lipinski definition) is 4. The Balaban J connectivity index is 2.05. The molecule has 5 heteroatoms. The van der Waals surface area contributed by atoms with Gasteiger partial charge in [0.05, 0.1) is 5.56 Å². The first kappa shape index (κ1) is 10.3. The number of fused-ring (bicyclic) bond motifs is 1. The van der Waals surface area contributed by atoms with Gasteiger partial charge in [-0.15, -0.1) is 5.10 Å². The Hall–Kier alpha value is -2.87. The van der Waals surface area contributed by atoms with Gasteiger partial charge in [0.1, 0.15) is 17.1 Å². The third-order valence-electron chi connectivity index (χ3n) is 2.51. The minimum absolute atomic E-state index is 0.454. The third kappa shape index (κ3) is 1.66. The Morgan fingerprint density at radius 2 is 1.83 bits per heavy atom. The van der Waals surface area contributed by atoms with Gasteiger partial charge >= 0.3 is 0 Å². The molecule has 0 bridgehead atoms. The van der Waals surface area contributed by atoms with E-state index in [1.807, 2.05) is 24.3 Å². The fraction of sp³-hybridized carbons (Fsp3) is 0. The van der Waals surface area contributed by atoms with E-state index in [-0.39, 0.29) is 0 Å². The summed E-state index contributed by atoms with van der Waals surface area (Å²) in [4.78, 5) is 6.89. The molecule has 0 amide bonds. The van der Waals surface area contributed by atoms with Gasteiger partial charge < -0.3 is 4.84 Å². The summed E-state index contributed by atoms with van der Waals surface area (Å²) in [5, 5.41) is 16.9. The molecule has 0 saturated carbocycles. The number of hydrogen-bond donors (Lipinski definition) is 0. The van der Waals surface area contributed by atoms with Gasteiger partial charge in [0.2, 0.25) is 0 Å². The smallest absolute Gasteiger partial charge is 0.175 e. The van der Waals surface area contributed by atoms with E-state index in [4.69, 9.17) is 10.1 Å². The molecule has 1 heterocycles. The maximum Gasteiger partial charge on any atom is 0.175 e. The Labute approximate surface area is 103 Å². The summed E-state index contributed by atoms with van der Waals surface area (Å²) in [6, 6.07) is 16.5. The van der Waals surface area contributed by atoms with E-state index >= 15 is 0 Å². The first-order valence-corrected chi connectivity index (χ1v) is 5.36. The van der Waals surface area contributed by atoms with Crippen LogP contribution >= 0.6 is 0 Å². The van der Waals surface area contributed by atoms with Crippen molar-refractivity contribution < 1.29 is 4.84 Å². The van der Waals surface area contributed by atoms with Crippen LogP contribution in [-0.2, 0) is 0 Å². The van der Waals surface area contributed by atoms with Gasteiger partial charge in [-0.2, -0.15) is 5.26 Å². The highest BCUT2D eigenvalue weighted by molar-refractivity contribution is 5.73. The Bertz CT molecular complexity index is 742. The number of aromatic nitrogens is 3. The molecule has 86 valence electrons. The highest BCUT2D eigenvalue weighted by Gasteiger charge is 2.07. The van der Waals surface area contributed by atoms with Gasteiger partial charge in [0.25, 0.3) is 0 Å². The lowest BCUT2D eigenvalue weighted by molar-refractivity contribution is 0.183. The van der Waals surface area contributed by atoms with E-state index < -0.39 is 0 Å². The van der Waals surface area contributed by atoms with Gasteiger partial charge in [-0.05, 0) is 29.5 Å². The van der Waals surface area contributed by atoms with E-state index in [1.54, 1.807) is 24.3 Å². The number of para-hydroxylation sites is 2. The van der Waals surface area contributed by atoms with Crippen LogP contribution < -0.4 is 4.84 Å². The first-order valence-electron chi connectivity index (χ1n) is 5.36. The number of nitrogens with zero attached hydrogens (tertiary/aromatic N) is 4. The standard InChI is InChI=1S/C13H8N4O/c14-9-10-5-1-4-8-13(10)18-17-12-7-3-2-6-11(12)15-16-17/h1-8H. The van der Waals surface area contributed by atoms with Crippen molar-refractivity contribution in [2.45, 2.75) is 0 Å². The van der Waals surface area contributed by atoms with Crippen molar-refractivity contribution in [2.75, 3.05) is 0 Å². The van der Waals surface area contributed by atoms with Crippen LogP contribution in [0.25, 0.3) is 11.0 Å². The molecule has 3 aromatic rings. The average Bonchev–Trinajstić information content (AvgIpc) is 2.83. The van der Waals surface area contributed by atoms with Crippen LogP contribution in [0.1, 0.15) is 5.56 Å². The largest absolute Gasteiger partial charge is 0.355 e. The normalized spacial score (nSPS) is 10.2. The molecule has 1 aromatic heterocycles. The van der Waals surface area contributed by atoms with Crippen molar-refractivity contribution in [3.8, 4) is 11.8 Å². The topological polar surface area (TPSA) is 63.7 Å². The Morgan fingerprint density at radius 1 is 1.06 bits per heavy atom. The van der Waals surface area contributed by atoms with Crippen LogP contribution in [0, 0.1) is 11.3 Å². The second-order valence-electron chi connectivity index (χ2n) is 3.65. The Kier molecular flexibility index (Phi) is 2.39. The molecule has 0 atom stereocenters. The van der Waals surface area contributed by atoms with Crippen molar-refractivity contribution in [3.63, 3.8) is 0 Å². The molecule has 2 aromatic carbocycles. The summed E-state index contributed by atoms with van der Waals surface area (Å²) in [6.45, 7) is 0. The van der Waals surface area contributed by atoms with Crippen molar-refractivity contribution >= 4 is 11.0 Å². The molecule has 18 heavy (non-hydrogen) atoms. The SMILES string of the molecule is N#Cc1ccccc1On1nnc2ccccc21. The minimum Gasteiger partial charge on any atom is -0.355 e. The molecule has 5 nitrogen and oxygen atoms in total. The zero-order valence-electron chi connectivity index (χ0n) is 9.32. The highest BCUT2D eigenvalue weighted by atomic mass is 16.7. The van der Waals surface area contributed by atoms with Gasteiger partial charge in [-0.1, -0.05) is 29.1 Å². The van der Waals surface area contributed by atoms with Crippen LogP contribution in [0.5, 0.6) is 5.75 Å². The van der Waals surface area contributed by atoms with E-state index in [0.717, 1.165) is 11.0 Å². The summed E-state index contributed by atoms with van der Waals surface area (Å²) in [5.41, 5.74) is 1.95. The molecule has 0 unspecified atom stereocenters. The van der Waals surface area contributed by atoms with E-state index in [0.29, 0.717) is 11.3 Å². The molecule has 0 aliphatic rings. The van der Waals surface area contributed by atoms with Crippen molar-refractivity contribution in [1.29, 1.82) is 5.26 Å². The number of benzene rings is 2. The van der Waals surface area contributed by atoms with Crippen molar-refractivity contribution in [1.82, 2.24) is 15.2 Å². The molecule has 0 N–H and O–H groups in total. The summed E-state index contributed by atoms with van der Waals surface area (Å²) in [7, 11) is 0. The van der Waals surface area contributed by atoms with Gasteiger partial charge in [-0.25, -0.2) is 0 Å². The lowest BCUT2D eigenvalue weighted by atomic mass is 10.2. The maximum atomic E-state index is 8.99. The number of nitriles is 1. The molecule has 0 aliphatic heterocycles. The zero-order valence-corrected chi connectivity index (χ0v) is 9.32. The predicted molar refractivity (Wildman–Crippen MR) is 64.7 cm³/mol. The van der Waals surface area contributed by atoms with Gasteiger partial charge in [0.15, 0.2) is 5.75 Å². The van der Waals surface area contributed by atoms with E-state index in [9.17, 15) is 0 Å². The van der Waals surface area contributed by atoms with Crippen LogP contribution in [0.2, 0.25) is 0 Å². The molecule has 0 saturated heterocycles. The monoisotopic (exact) mass is 236 g/mol. The lowest BCUT2D eigenvalue weighted by Crippen LogP contribution is -2.08. The summed E-state index contributed by atoms with van der Waals surface area (Å²) < 4.78 is 0. The molecular weight excluding hydrogens is 228 g/mol. The maximum absolute atomic E-state index is 8.99. The average molecular weight is 236 g/mol. The molecule has 0 aliphatic carbocycles. The fourth-order valence-electron chi connectivity index (χ4n) is 1.65. The van der Waals surface area contributed by atoms with E-state index in [2.05, 4.69) is 16.4 Å². The zero-order chi connectivity index (χ0) is 12.4. The van der Waals surface area contributed by atoms with E-state index in [1.165, 1.54) is 4.85 Å². The number of rotatable bonds is 2. The molecule has 3 rings (SSSR count).